The number of anilines is 1. The summed E-state index contributed by atoms with van der Waals surface area (Å²) in [6, 6.07) is 7.31. The number of benzene rings is 1. The maximum atomic E-state index is 11.1. The Morgan fingerprint density at radius 2 is 2.20 bits per heavy atom. The minimum Gasteiger partial charge on any atom is -0.465 e. The Morgan fingerprint density at radius 3 is 2.87 bits per heavy atom. The number of nitrogens with zero attached hydrogens (tertiary/aromatic N) is 1. The van der Waals surface area contributed by atoms with Gasteiger partial charge in [-0.2, -0.15) is 0 Å². The summed E-state index contributed by atoms with van der Waals surface area (Å²) in [5.74, 6) is 0. The first-order chi connectivity index (χ1) is 7.24. The molecule has 1 aliphatic heterocycles. The van der Waals surface area contributed by atoms with E-state index in [4.69, 9.17) is 9.84 Å². The molecule has 1 unspecified atom stereocenters. The molecule has 0 bridgehead atoms. The van der Waals surface area contributed by atoms with Crippen molar-refractivity contribution in [3.05, 3.63) is 35.9 Å². The fourth-order valence-electron chi connectivity index (χ4n) is 1.65. The first kappa shape index (κ1) is 9.73. The number of ether oxygens (including phenoxy) is 1. The second-order valence-corrected chi connectivity index (χ2v) is 3.20. The molecule has 0 spiro atoms. The number of amides is 1. The van der Waals surface area contributed by atoms with Gasteiger partial charge in [0.2, 0.25) is 0 Å². The lowest BCUT2D eigenvalue weighted by Crippen LogP contribution is -2.41. The summed E-state index contributed by atoms with van der Waals surface area (Å²) in [4.78, 5) is 12.3. The van der Waals surface area contributed by atoms with Crippen molar-refractivity contribution in [1.29, 1.82) is 0 Å². The largest absolute Gasteiger partial charge is 0.465 e. The van der Waals surface area contributed by atoms with Gasteiger partial charge in [0.1, 0.15) is 0 Å². The van der Waals surface area contributed by atoms with Crippen molar-refractivity contribution in [2.45, 2.75) is 6.23 Å². The van der Waals surface area contributed by atoms with E-state index in [9.17, 15) is 4.79 Å². The Bertz CT molecular complexity index is 414. The van der Waals surface area contributed by atoms with Crippen LogP contribution in [0.15, 0.2) is 30.3 Å². The van der Waals surface area contributed by atoms with Crippen molar-refractivity contribution >= 4 is 17.9 Å². The summed E-state index contributed by atoms with van der Waals surface area (Å²) < 4.78 is 5.08. The molecule has 1 aromatic rings. The van der Waals surface area contributed by atoms with E-state index >= 15 is 0 Å². The maximum absolute atomic E-state index is 11.1. The Morgan fingerprint density at radius 1 is 1.47 bits per heavy atom. The van der Waals surface area contributed by atoms with Crippen LogP contribution in [-0.4, -0.2) is 24.5 Å². The average Bonchev–Trinajstić information content (AvgIpc) is 2.27. The zero-order valence-electron chi connectivity index (χ0n) is 8.25. The number of hydrogen-bond donors (Lipinski definition) is 1. The molecule has 4 heteroatoms. The molecular formula is C11H11NO3. The highest BCUT2D eigenvalue weighted by Crippen LogP contribution is 2.28. The predicted octanol–water partition coefficient (Wildman–Crippen LogP) is 2.17. The van der Waals surface area contributed by atoms with E-state index in [1.165, 1.54) is 12.0 Å². The van der Waals surface area contributed by atoms with Crippen LogP contribution in [0.5, 0.6) is 0 Å². The summed E-state index contributed by atoms with van der Waals surface area (Å²) in [7, 11) is 1.48. The molecule has 1 atom stereocenters. The zero-order chi connectivity index (χ0) is 10.8. The lowest BCUT2D eigenvalue weighted by atomic mass is 10.1. The van der Waals surface area contributed by atoms with Crippen LogP contribution in [0.3, 0.4) is 0 Å². The van der Waals surface area contributed by atoms with Crippen molar-refractivity contribution in [2.24, 2.45) is 0 Å². The smallest absolute Gasteiger partial charge is 0.414 e. The topological polar surface area (TPSA) is 49.8 Å². The van der Waals surface area contributed by atoms with Gasteiger partial charge in [0, 0.05) is 7.11 Å². The first-order valence-corrected chi connectivity index (χ1v) is 4.56. The molecule has 1 aromatic carbocycles. The molecule has 0 fully saturated rings. The zero-order valence-corrected chi connectivity index (χ0v) is 8.25. The van der Waals surface area contributed by atoms with Gasteiger partial charge in [-0.3, -0.25) is 0 Å². The van der Waals surface area contributed by atoms with Crippen molar-refractivity contribution in [2.75, 3.05) is 12.0 Å². The molecule has 1 amide bonds. The van der Waals surface area contributed by atoms with Gasteiger partial charge in [-0.25, -0.2) is 9.69 Å². The van der Waals surface area contributed by atoms with Crippen molar-refractivity contribution in [1.82, 2.24) is 0 Å². The van der Waals surface area contributed by atoms with Gasteiger partial charge in [0.25, 0.3) is 0 Å². The average molecular weight is 205 g/mol. The summed E-state index contributed by atoms with van der Waals surface area (Å²) in [5, 5.41) is 9.10. The van der Waals surface area contributed by atoms with Crippen LogP contribution >= 0.6 is 0 Å². The van der Waals surface area contributed by atoms with Crippen molar-refractivity contribution in [3.8, 4) is 0 Å². The van der Waals surface area contributed by atoms with Gasteiger partial charge < -0.3 is 9.84 Å². The Balaban J connectivity index is 2.49. The van der Waals surface area contributed by atoms with Crippen LogP contribution in [0.2, 0.25) is 0 Å². The molecule has 0 radical (unpaired) electrons. The number of fused-ring (bicyclic) bond motifs is 1. The molecule has 1 aliphatic rings. The molecule has 0 saturated heterocycles. The van der Waals surface area contributed by atoms with Gasteiger partial charge in [0.15, 0.2) is 6.23 Å². The van der Waals surface area contributed by atoms with Gasteiger partial charge >= 0.3 is 6.09 Å². The van der Waals surface area contributed by atoms with Gasteiger partial charge in [-0.05, 0) is 17.7 Å². The van der Waals surface area contributed by atoms with E-state index < -0.39 is 12.3 Å². The lowest BCUT2D eigenvalue weighted by Gasteiger charge is -2.30. The van der Waals surface area contributed by atoms with Crippen LogP contribution in [-0.2, 0) is 4.74 Å². The maximum Gasteiger partial charge on any atom is 0.414 e. The Kier molecular flexibility index (Phi) is 2.43. The third kappa shape index (κ3) is 1.59. The number of carbonyl (C=O) groups is 1. The fourth-order valence-corrected chi connectivity index (χ4v) is 1.65. The molecule has 1 N–H and O–H groups in total. The monoisotopic (exact) mass is 205 g/mol. The van der Waals surface area contributed by atoms with Gasteiger partial charge in [-0.1, -0.05) is 24.3 Å². The minimum absolute atomic E-state index is 0.544. The van der Waals surface area contributed by atoms with Crippen LogP contribution in [0.25, 0.3) is 6.08 Å². The first-order valence-electron chi connectivity index (χ1n) is 4.56. The van der Waals surface area contributed by atoms with E-state index in [2.05, 4.69) is 0 Å². The number of para-hydroxylation sites is 1. The standard InChI is InChI=1S/C11H11NO3/c1-15-10-7-6-8-4-2-3-5-9(8)12(10)11(13)14/h2-7,10H,1H3,(H,13,14). The van der Waals surface area contributed by atoms with Crippen LogP contribution < -0.4 is 4.90 Å². The van der Waals surface area contributed by atoms with E-state index in [1.54, 1.807) is 18.2 Å². The van der Waals surface area contributed by atoms with Crippen LogP contribution in [0.1, 0.15) is 5.56 Å². The summed E-state index contributed by atoms with van der Waals surface area (Å²) in [5.41, 5.74) is 1.53. The second-order valence-electron chi connectivity index (χ2n) is 3.20. The van der Waals surface area contributed by atoms with Crippen molar-refractivity contribution in [3.63, 3.8) is 0 Å². The molecule has 78 valence electrons. The number of carboxylic acid groups (broad SMARTS) is 1. The van der Waals surface area contributed by atoms with E-state index in [1.807, 2.05) is 18.2 Å². The summed E-state index contributed by atoms with van der Waals surface area (Å²) in [6.45, 7) is 0. The van der Waals surface area contributed by atoms with E-state index in [-0.39, 0.29) is 0 Å². The quantitative estimate of drug-likeness (QED) is 0.764. The SMILES string of the molecule is COC1C=Cc2ccccc2N1C(=O)O. The summed E-state index contributed by atoms with van der Waals surface area (Å²) in [6.07, 6.45) is 2.02. The highest BCUT2D eigenvalue weighted by Gasteiger charge is 2.27. The highest BCUT2D eigenvalue weighted by molar-refractivity contribution is 5.91. The third-order valence-corrected chi connectivity index (χ3v) is 2.34. The second kappa shape index (κ2) is 3.74. The van der Waals surface area contributed by atoms with E-state index in [0.29, 0.717) is 5.69 Å². The Hall–Kier alpha value is -1.81. The van der Waals surface area contributed by atoms with Gasteiger partial charge in [0.05, 0.1) is 5.69 Å². The third-order valence-electron chi connectivity index (χ3n) is 2.34. The Labute approximate surface area is 87.4 Å². The molecule has 2 rings (SSSR count). The number of hydrogen-bond acceptors (Lipinski definition) is 2. The fraction of sp³-hybridized carbons (Fsp3) is 0.182. The number of methoxy groups -OCH3 is 1. The number of rotatable bonds is 1. The molecule has 1 heterocycles. The van der Waals surface area contributed by atoms with Crippen molar-refractivity contribution < 1.29 is 14.6 Å². The normalized spacial score (nSPS) is 18.7. The lowest BCUT2D eigenvalue weighted by molar-refractivity contribution is 0.126. The molecular weight excluding hydrogens is 194 g/mol. The minimum atomic E-state index is -1.02. The molecule has 0 saturated carbocycles. The van der Waals surface area contributed by atoms with Crippen LogP contribution in [0.4, 0.5) is 10.5 Å². The highest BCUT2D eigenvalue weighted by atomic mass is 16.5. The molecule has 15 heavy (non-hydrogen) atoms. The molecule has 4 nitrogen and oxygen atoms in total. The van der Waals surface area contributed by atoms with Gasteiger partial charge in [-0.15, -0.1) is 0 Å². The van der Waals surface area contributed by atoms with E-state index in [0.717, 1.165) is 5.56 Å². The molecule has 0 aromatic heterocycles. The van der Waals surface area contributed by atoms with Crippen LogP contribution in [0, 0.1) is 0 Å². The summed E-state index contributed by atoms with van der Waals surface area (Å²) >= 11 is 0. The molecule has 0 aliphatic carbocycles. The predicted molar refractivity (Wildman–Crippen MR) is 56.8 cm³/mol.